The van der Waals surface area contributed by atoms with Crippen LogP contribution in [0.4, 0.5) is 0 Å². The van der Waals surface area contributed by atoms with Crippen LogP contribution in [0.15, 0.2) is 72.8 Å². The smallest absolute Gasteiger partial charge is 0.326 e. The van der Waals surface area contributed by atoms with Gasteiger partial charge in [-0.1, -0.05) is 60.7 Å². The monoisotopic (exact) mass is 624 g/mol. The molecule has 0 radical (unpaired) electrons. The van der Waals surface area contributed by atoms with Gasteiger partial charge in [0.25, 0.3) is 5.91 Å². The number of carbonyl (C=O) groups is 2. The van der Waals surface area contributed by atoms with Crippen LogP contribution >= 0.6 is 11.8 Å². The summed E-state index contributed by atoms with van der Waals surface area (Å²) in [6, 6.07) is 21.5. The van der Waals surface area contributed by atoms with E-state index in [1.165, 1.54) is 11.8 Å². The molecule has 3 atom stereocenters. The number of rotatable bonds is 14. The van der Waals surface area contributed by atoms with Crippen molar-refractivity contribution in [1.29, 1.82) is 0 Å². The van der Waals surface area contributed by atoms with Crippen LogP contribution in [-0.2, 0) is 31.7 Å². The molecule has 0 aromatic heterocycles. The number of aryl methyl sites for hydroxylation is 1. The minimum Gasteiger partial charge on any atom is -0.480 e. The second-order valence-electron chi connectivity index (χ2n) is 11.0. The number of methoxy groups -OCH3 is 1. The molecule has 230 valence electrons. The van der Waals surface area contributed by atoms with Crippen molar-refractivity contribution in [1.82, 2.24) is 10.2 Å². The Morgan fingerprint density at radius 1 is 1.05 bits per heavy atom. The molecule has 4 rings (SSSR count). The maximum atomic E-state index is 13.4. The molecule has 10 heteroatoms. The Morgan fingerprint density at radius 2 is 1.77 bits per heavy atom. The van der Waals surface area contributed by atoms with Crippen molar-refractivity contribution >= 4 is 33.5 Å². The van der Waals surface area contributed by atoms with Crippen LogP contribution < -0.4 is 5.32 Å². The zero-order valence-electron chi connectivity index (χ0n) is 24.9. The molecule has 0 unspecified atom stereocenters. The van der Waals surface area contributed by atoms with Gasteiger partial charge in [0.15, 0.2) is 9.84 Å². The summed E-state index contributed by atoms with van der Waals surface area (Å²) in [6.45, 7) is 3.26. The van der Waals surface area contributed by atoms with Crippen LogP contribution in [-0.4, -0.2) is 79.9 Å². The van der Waals surface area contributed by atoms with E-state index in [2.05, 4.69) is 10.2 Å². The Balaban J connectivity index is 1.61. The van der Waals surface area contributed by atoms with E-state index in [1.807, 2.05) is 79.9 Å². The number of aliphatic carboxylic acids is 1. The molecule has 43 heavy (non-hydrogen) atoms. The van der Waals surface area contributed by atoms with Gasteiger partial charge in [-0.15, -0.1) is 0 Å². The maximum absolute atomic E-state index is 13.4. The fraction of sp³-hybridized carbons (Fsp3) is 0.394. The number of sulfone groups is 1. The van der Waals surface area contributed by atoms with E-state index in [-0.39, 0.29) is 11.8 Å². The van der Waals surface area contributed by atoms with E-state index in [0.29, 0.717) is 49.4 Å². The lowest BCUT2D eigenvalue weighted by atomic mass is 9.93. The summed E-state index contributed by atoms with van der Waals surface area (Å²) in [7, 11) is -1.77. The van der Waals surface area contributed by atoms with Crippen molar-refractivity contribution in [3.63, 3.8) is 0 Å². The lowest BCUT2D eigenvalue weighted by Crippen LogP contribution is -2.41. The van der Waals surface area contributed by atoms with Gasteiger partial charge in [0.05, 0.1) is 17.6 Å². The molecule has 2 N–H and O–H groups in total. The number of carboxylic acid groups (broad SMARTS) is 1. The van der Waals surface area contributed by atoms with Crippen LogP contribution in [0.2, 0.25) is 0 Å². The Hall–Kier alpha value is -3.18. The van der Waals surface area contributed by atoms with Gasteiger partial charge in [-0.05, 0) is 71.7 Å². The third-order valence-corrected chi connectivity index (χ3v) is 10.7. The first-order valence-electron chi connectivity index (χ1n) is 14.3. The van der Waals surface area contributed by atoms with E-state index in [0.717, 1.165) is 22.3 Å². The highest BCUT2D eigenvalue weighted by atomic mass is 32.2. The number of carbonyl (C=O) groups excluding carboxylic acids is 1. The summed E-state index contributed by atoms with van der Waals surface area (Å²) >= 11 is 1.53. The number of carboxylic acids is 1. The molecule has 8 nitrogen and oxygen atoms in total. The summed E-state index contributed by atoms with van der Waals surface area (Å²) in [5.74, 6) is -0.890. The van der Waals surface area contributed by atoms with Gasteiger partial charge in [0, 0.05) is 31.8 Å². The Kier molecular flexibility index (Phi) is 11.4. The van der Waals surface area contributed by atoms with Gasteiger partial charge in [0.2, 0.25) is 0 Å². The van der Waals surface area contributed by atoms with Crippen LogP contribution in [0.1, 0.15) is 39.9 Å². The summed E-state index contributed by atoms with van der Waals surface area (Å²) in [4.78, 5) is 27.4. The molecule has 0 aliphatic carbocycles. The quantitative estimate of drug-likeness (QED) is 0.263. The number of thioether (sulfide) groups is 1. The number of benzene rings is 3. The molecule has 1 aliphatic heterocycles. The Morgan fingerprint density at radius 3 is 2.44 bits per heavy atom. The average Bonchev–Trinajstić information content (AvgIpc) is 3.39. The standard InChI is InChI=1S/C33H40N2O6S2/c1-23-9-7-8-12-28(23)30-17-25(13-14-29(30)32(36)34-31(33(37)38)15-16-42-3)19-35-20-27(18-26(35)21-41-2)43(39,40)22-24-10-5-4-6-11-24/h4-14,17,26-27,31H,15-16,18-22H2,1-3H3,(H,34,36)(H,37,38)/t26-,27-,31-/m0/s1. The van der Waals surface area contributed by atoms with Crippen LogP contribution in [0.5, 0.6) is 0 Å². The normalized spacial score (nSPS) is 17.9. The lowest BCUT2D eigenvalue weighted by Gasteiger charge is -2.24. The van der Waals surface area contributed by atoms with E-state index >= 15 is 0 Å². The van der Waals surface area contributed by atoms with Gasteiger partial charge in [-0.3, -0.25) is 9.69 Å². The lowest BCUT2D eigenvalue weighted by molar-refractivity contribution is -0.139. The third kappa shape index (κ3) is 8.47. The highest BCUT2D eigenvalue weighted by Crippen LogP contribution is 2.31. The van der Waals surface area contributed by atoms with Gasteiger partial charge in [-0.25, -0.2) is 13.2 Å². The zero-order chi connectivity index (χ0) is 31.0. The first-order valence-corrected chi connectivity index (χ1v) is 17.4. The van der Waals surface area contributed by atoms with E-state index < -0.39 is 33.0 Å². The average molecular weight is 625 g/mol. The summed E-state index contributed by atoms with van der Waals surface area (Å²) in [6.07, 6.45) is 2.71. The first-order chi connectivity index (χ1) is 20.6. The topological polar surface area (TPSA) is 113 Å². The molecule has 0 saturated carbocycles. The molecular weight excluding hydrogens is 585 g/mol. The van der Waals surface area contributed by atoms with Crippen molar-refractivity contribution in [2.24, 2.45) is 0 Å². The fourth-order valence-electron chi connectivity index (χ4n) is 5.63. The molecule has 1 aliphatic rings. The number of nitrogens with one attached hydrogen (secondary N) is 1. The molecule has 1 saturated heterocycles. The number of ether oxygens (including phenoxy) is 1. The van der Waals surface area contributed by atoms with E-state index in [9.17, 15) is 23.1 Å². The molecular formula is C33H40N2O6S2. The predicted molar refractivity (Wildman–Crippen MR) is 172 cm³/mol. The summed E-state index contributed by atoms with van der Waals surface area (Å²) in [5, 5.41) is 11.9. The molecule has 1 amide bonds. The molecule has 1 heterocycles. The molecule has 3 aromatic carbocycles. The molecule has 3 aromatic rings. The van der Waals surface area contributed by atoms with Gasteiger partial charge < -0.3 is 15.2 Å². The van der Waals surface area contributed by atoms with Gasteiger partial charge in [-0.2, -0.15) is 11.8 Å². The van der Waals surface area contributed by atoms with Crippen molar-refractivity contribution < 1.29 is 27.9 Å². The van der Waals surface area contributed by atoms with E-state index in [4.69, 9.17) is 4.74 Å². The van der Waals surface area contributed by atoms with Crippen LogP contribution in [0.3, 0.4) is 0 Å². The zero-order valence-corrected chi connectivity index (χ0v) is 26.5. The van der Waals surface area contributed by atoms with E-state index in [1.54, 1.807) is 13.2 Å². The number of amides is 1. The summed E-state index contributed by atoms with van der Waals surface area (Å²) < 4.78 is 32.3. The third-order valence-electron chi connectivity index (χ3n) is 7.93. The molecule has 0 spiro atoms. The highest BCUT2D eigenvalue weighted by molar-refractivity contribution is 7.98. The second-order valence-corrected chi connectivity index (χ2v) is 14.3. The number of hydrogen-bond donors (Lipinski definition) is 2. The number of likely N-dealkylation sites (tertiary alicyclic amines) is 1. The maximum Gasteiger partial charge on any atom is 0.326 e. The number of hydrogen-bond acceptors (Lipinski definition) is 7. The minimum absolute atomic E-state index is 0.00156. The number of nitrogens with zero attached hydrogens (tertiary/aromatic N) is 1. The SMILES string of the molecule is COC[C@@H]1C[C@H](S(=O)(=O)Cc2ccccc2)CN1Cc1ccc(C(=O)N[C@@H](CCSC)C(=O)O)c(-c2ccccc2C)c1. The Bertz CT molecular complexity index is 1510. The predicted octanol–water partition coefficient (Wildman–Crippen LogP) is 4.80. The van der Waals surface area contributed by atoms with Crippen LogP contribution in [0, 0.1) is 6.92 Å². The summed E-state index contributed by atoms with van der Waals surface area (Å²) in [5.41, 5.74) is 4.67. The van der Waals surface area contributed by atoms with Gasteiger partial charge >= 0.3 is 5.97 Å². The minimum atomic E-state index is -3.39. The Labute approximate surface area is 258 Å². The fourth-order valence-corrected chi connectivity index (χ4v) is 7.93. The first kappa shape index (κ1) is 32.7. The molecule has 0 bridgehead atoms. The van der Waals surface area contributed by atoms with Crippen molar-refractivity contribution in [3.05, 3.63) is 95.1 Å². The second kappa shape index (κ2) is 15.0. The van der Waals surface area contributed by atoms with Gasteiger partial charge in [0.1, 0.15) is 6.04 Å². The van der Waals surface area contributed by atoms with Crippen LogP contribution in [0.25, 0.3) is 11.1 Å². The molecule has 1 fully saturated rings. The van der Waals surface area contributed by atoms with Crippen molar-refractivity contribution in [3.8, 4) is 11.1 Å². The van der Waals surface area contributed by atoms with Crippen molar-refractivity contribution in [2.45, 2.75) is 49.4 Å². The largest absolute Gasteiger partial charge is 0.480 e. The highest BCUT2D eigenvalue weighted by Gasteiger charge is 2.39. The van der Waals surface area contributed by atoms with Crippen molar-refractivity contribution in [2.75, 3.05) is 32.3 Å².